The Morgan fingerprint density at radius 1 is 1.04 bits per heavy atom. The van der Waals surface area contributed by atoms with Gasteiger partial charge in [0.15, 0.2) is 11.5 Å². The molecule has 6 heteroatoms. The molecule has 2 fully saturated rings. The summed E-state index contributed by atoms with van der Waals surface area (Å²) in [7, 11) is 0. The van der Waals surface area contributed by atoms with Crippen LogP contribution in [0.4, 0.5) is 13.2 Å². The lowest BCUT2D eigenvalue weighted by Gasteiger charge is -2.18. The van der Waals surface area contributed by atoms with Crippen LogP contribution in [0.25, 0.3) is 0 Å². The topological polar surface area (TPSA) is 27.7 Å². The van der Waals surface area contributed by atoms with E-state index in [-0.39, 0.29) is 11.5 Å². The SMILES string of the molecule is Cc1c(OC/C=C/C2CCCC2)ccc(OCCCC2CC2)c1OC(F)(F)F. The minimum atomic E-state index is -4.78. The smallest absolute Gasteiger partial charge is 0.490 e. The van der Waals surface area contributed by atoms with Crippen LogP contribution in [-0.2, 0) is 0 Å². The minimum Gasteiger partial charge on any atom is -0.490 e. The van der Waals surface area contributed by atoms with Crippen molar-refractivity contribution < 1.29 is 27.4 Å². The molecule has 1 aromatic rings. The summed E-state index contributed by atoms with van der Waals surface area (Å²) in [6, 6.07) is 3.15. The lowest BCUT2D eigenvalue weighted by Crippen LogP contribution is -2.19. The van der Waals surface area contributed by atoms with Gasteiger partial charge in [0.1, 0.15) is 12.4 Å². The number of hydrogen-bond acceptors (Lipinski definition) is 3. The summed E-state index contributed by atoms with van der Waals surface area (Å²) in [5.74, 6) is 1.54. The highest BCUT2D eigenvalue weighted by Gasteiger charge is 2.34. The predicted molar refractivity (Wildman–Crippen MR) is 102 cm³/mol. The Hall–Kier alpha value is -1.85. The van der Waals surface area contributed by atoms with Crippen LogP contribution in [0.5, 0.6) is 17.2 Å². The largest absolute Gasteiger partial charge is 0.573 e. The molecule has 0 radical (unpaired) electrons. The van der Waals surface area contributed by atoms with E-state index in [1.807, 2.05) is 6.08 Å². The second-order valence-electron chi connectivity index (χ2n) is 7.78. The average Bonchev–Trinajstić information content (AvgIpc) is 3.31. The third kappa shape index (κ3) is 6.64. The van der Waals surface area contributed by atoms with E-state index in [9.17, 15) is 13.2 Å². The van der Waals surface area contributed by atoms with Gasteiger partial charge in [0.05, 0.1) is 6.61 Å². The molecule has 3 nitrogen and oxygen atoms in total. The molecule has 2 aliphatic carbocycles. The molecule has 0 amide bonds. The van der Waals surface area contributed by atoms with Gasteiger partial charge in [0.25, 0.3) is 0 Å². The van der Waals surface area contributed by atoms with Gasteiger partial charge in [-0.3, -0.25) is 0 Å². The fourth-order valence-electron chi connectivity index (χ4n) is 3.66. The van der Waals surface area contributed by atoms with Crippen molar-refractivity contribution in [1.82, 2.24) is 0 Å². The molecule has 28 heavy (non-hydrogen) atoms. The third-order valence-corrected chi connectivity index (χ3v) is 5.39. The van der Waals surface area contributed by atoms with Gasteiger partial charge in [-0.25, -0.2) is 0 Å². The van der Waals surface area contributed by atoms with Crippen LogP contribution in [-0.4, -0.2) is 19.6 Å². The van der Waals surface area contributed by atoms with E-state index >= 15 is 0 Å². The van der Waals surface area contributed by atoms with Gasteiger partial charge < -0.3 is 14.2 Å². The summed E-state index contributed by atoms with van der Waals surface area (Å²) in [6.45, 7) is 2.27. The zero-order chi connectivity index (χ0) is 20.0. The van der Waals surface area contributed by atoms with Crippen LogP contribution in [0.15, 0.2) is 24.3 Å². The molecule has 0 atom stereocenters. The van der Waals surface area contributed by atoms with E-state index in [0.29, 0.717) is 30.4 Å². The standard InChI is InChI=1S/C22H29F3O3/c1-16-19(26-14-4-8-17-6-2-3-7-17)12-13-20(21(16)28-22(23,24)25)27-15-5-9-18-10-11-18/h4,8,12-13,17-18H,2-3,5-7,9-11,14-15H2,1H3/b8-4+. The highest BCUT2D eigenvalue weighted by atomic mass is 19.4. The molecule has 0 heterocycles. The van der Waals surface area contributed by atoms with Gasteiger partial charge in [0.2, 0.25) is 0 Å². The van der Waals surface area contributed by atoms with Gasteiger partial charge in [-0.2, -0.15) is 0 Å². The van der Waals surface area contributed by atoms with Crippen LogP contribution in [0.2, 0.25) is 0 Å². The number of allylic oxidation sites excluding steroid dienone is 1. The first-order chi connectivity index (χ1) is 13.4. The van der Waals surface area contributed by atoms with Crippen molar-refractivity contribution in [3.05, 3.63) is 29.8 Å². The van der Waals surface area contributed by atoms with Crippen molar-refractivity contribution in [3.63, 3.8) is 0 Å². The average molecular weight is 398 g/mol. The molecule has 0 unspecified atom stereocenters. The van der Waals surface area contributed by atoms with Gasteiger partial charge in [0, 0.05) is 5.56 Å². The first kappa shape index (κ1) is 20.9. The zero-order valence-electron chi connectivity index (χ0n) is 16.4. The summed E-state index contributed by atoms with van der Waals surface area (Å²) < 4.78 is 54.2. The molecule has 0 aliphatic heterocycles. The molecule has 3 rings (SSSR count). The second-order valence-corrected chi connectivity index (χ2v) is 7.78. The maximum atomic E-state index is 12.9. The molecule has 0 spiro atoms. The monoisotopic (exact) mass is 398 g/mol. The molecule has 1 aromatic carbocycles. The molecule has 0 saturated heterocycles. The molecular weight excluding hydrogens is 369 g/mol. The number of benzene rings is 1. The predicted octanol–water partition coefficient (Wildman–Crippen LogP) is 6.59. The Morgan fingerprint density at radius 3 is 2.43 bits per heavy atom. The van der Waals surface area contributed by atoms with Crippen LogP contribution in [0.3, 0.4) is 0 Å². The van der Waals surface area contributed by atoms with Crippen LogP contribution < -0.4 is 14.2 Å². The summed E-state index contributed by atoms with van der Waals surface area (Å²) in [6.07, 6.45) is 8.63. The van der Waals surface area contributed by atoms with Crippen molar-refractivity contribution in [2.45, 2.75) is 64.7 Å². The van der Waals surface area contributed by atoms with Gasteiger partial charge in [-0.05, 0) is 56.6 Å². The second kappa shape index (κ2) is 9.57. The Labute approximate surface area is 164 Å². The summed E-state index contributed by atoms with van der Waals surface area (Å²) in [5.41, 5.74) is 0.297. The Morgan fingerprint density at radius 2 is 1.75 bits per heavy atom. The third-order valence-electron chi connectivity index (χ3n) is 5.39. The van der Waals surface area contributed by atoms with Gasteiger partial charge in [-0.15, -0.1) is 13.2 Å². The van der Waals surface area contributed by atoms with Crippen LogP contribution in [0.1, 0.15) is 56.9 Å². The van der Waals surface area contributed by atoms with Crippen molar-refractivity contribution in [2.75, 3.05) is 13.2 Å². The Kier molecular flexibility index (Phi) is 7.13. The lowest BCUT2D eigenvalue weighted by atomic mass is 10.1. The molecular formula is C22H29F3O3. The van der Waals surface area contributed by atoms with Crippen LogP contribution >= 0.6 is 0 Å². The van der Waals surface area contributed by atoms with E-state index in [1.54, 1.807) is 13.0 Å². The first-order valence-electron chi connectivity index (χ1n) is 10.2. The van der Waals surface area contributed by atoms with E-state index in [2.05, 4.69) is 10.8 Å². The van der Waals surface area contributed by atoms with Crippen molar-refractivity contribution in [1.29, 1.82) is 0 Å². The summed E-state index contributed by atoms with van der Waals surface area (Å²) in [5, 5.41) is 0. The van der Waals surface area contributed by atoms with Crippen molar-refractivity contribution >= 4 is 0 Å². The molecule has 2 saturated carbocycles. The quantitative estimate of drug-likeness (QED) is 0.329. The number of rotatable bonds is 10. The maximum absolute atomic E-state index is 12.9. The number of alkyl halides is 3. The van der Waals surface area contributed by atoms with Crippen LogP contribution in [0, 0.1) is 18.8 Å². The first-order valence-corrected chi connectivity index (χ1v) is 10.2. The van der Waals surface area contributed by atoms with E-state index in [4.69, 9.17) is 9.47 Å². The minimum absolute atomic E-state index is 0.111. The molecule has 0 N–H and O–H groups in total. The normalized spacial score (nSPS) is 18.0. The number of ether oxygens (including phenoxy) is 3. The van der Waals surface area contributed by atoms with E-state index < -0.39 is 6.36 Å². The number of halogens is 3. The van der Waals surface area contributed by atoms with Gasteiger partial charge in [-0.1, -0.05) is 37.8 Å². The van der Waals surface area contributed by atoms with Gasteiger partial charge >= 0.3 is 6.36 Å². The lowest BCUT2D eigenvalue weighted by molar-refractivity contribution is -0.275. The fraction of sp³-hybridized carbons (Fsp3) is 0.636. The summed E-state index contributed by atoms with van der Waals surface area (Å²) in [4.78, 5) is 0. The Bertz CT molecular complexity index is 660. The number of hydrogen-bond donors (Lipinski definition) is 0. The fourth-order valence-corrected chi connectivity index (χ4v) is 3.66. The molecule has 156 valence electrons. The van der Waals surface area contributed by atoms with Crippen molar-refractivity contribution in [3.8, 4) is 17.2 Å². The summed E-state index contributed by atoms with van der Waals surface area (Å²) >= 11 is 0. The molecule has 2 aliphatic rings. The van der Waals surface area contributed by atoms with E-state index in [1.165, 1.54) is 44.6 Å². The zero-order valence-corrected chi connectivity index (χ0v) is 16.4. The maximum Gasteiger partial charge on any atom is 0.573 e. The highest BCUT2D eigenvalue weighted by Crippen LogP contribution is 2.40. The molecule has 0 bridgehead atoms. The molecule has 0 aromatic heterocycles. The van der Waals surface area contributed by atoms with Crippen molar-refractivity contribution in [2.24, 2.45) is 11.8 Å². The Balaban J connectivity index is 1.61. The highest BCUT2D eigenvalue weighted by molar-refractivity contribution is 5.53. The van der Waals surface area contributed by atoms with E-state index in [0.717, 1.165) is 18.8 Å².